The molecule has 6 heteroatoms. The highest BCUT2D eigenvalue weighted by Gasteiger charge is 2.17. The summed E-state index contributed by atoms with van der Waals surface area (Å²) in [6, 6.07) is 4.26. The second kappa shape index (κ2) is 4.70. The van der Waals surface area contributed by atoms with Gasteiger partial charge in [-0.25, -0.2) is 0 Å². The van der Waals surface area contributed by atoms with E-state index in [0.717, 1.165) is 9.91 Å². The molecule has 0 atom stereocenters. The molecule has 1 aliphatic rings. The van der Waals surface area contributed by atoms with Crippen LogP contribution in [0.25, 0.3) is 10.6 Å². The lowest BCUT2D eigenvalue weighted by Gasteiger charge is -2.13. The molecular formula is C13H13BN4S. The van der Waals surface area contributed by atoms with Gasteiger partial charge in [-0.2, -0.15) is 15.3 Å². The first-order chi connectivity index (χ1) is 9.16. The van der Waals surface area contributed by atoms with Crippen LogP contribution in [0.4, 0.5) is 0 Å². The van der Waals surface area contributed by atoms with Crippen LogP contribution in [0.1, 0.15) is 22.6 Å². The summed E-state index contributed by atoms with van der Waals surface area (Å²) in [5.74, 6) is 0.198. The van der Waals surface area contributed by atoms with Crippen molar-refractivity contribution in [3.05, 3.63) is 28.8 Å². The van der Waals surface area contributed by atoms with Crippen LogP contribution in [0, 0.1) is 13.8 Å². The molecule has 19 heavy (non-hydrogen) atoms. The zero-order valence-corrected chi connectivity index (χ0v) is 11.9. The Hall–Kier alpha value is -1.82. The van der Waals surface area contributed by atoms with Crippen molar-refractivity contribution < 1.29 is 0 Å². The van der Waals surface area contributed by atoms with E-state index in [0.29, 0.717) is 0 Å². The molecule has 0 aliphatic carbocycles. The van der Waals surface area contributed by atoms with Crippen molar-refractivity contribution in [3.8, 4) is 10.6 Å². The van der Waals surface area contributed by atoms with Crippen LogP contribution >= 0.6 is 11.3 Å². The van der Waals surface area contributed by atoms with Crippen molar-refractivity contribution in [1.82, 2.24) is 10.2 Å². The summed E-state index contributed by atoms with van der Waals surface area (Å²) in [5, 5.41) is 17.1. The summed E-state index contributed by atoms with van der Waals surface area (Å²) in [5.41, 5.74) is 4.95. The van der Waals surface area contributed by atoms with Crippen LogP contribution < -0.4 is 4.91 Å². The lowest BCUT2D eigenvalue weighted by Crippen LogP contribution is -2.03. The Morgan fingerprint density at radius 1 is 1.05 bits per heavy atom. The Bertz CT molecular complexity index is 678. The van der Waals surface area contributed by atoms with E-state index < -0.39 is 0 Å². The van der Waals surface area contributed by atoms with Crippen LogP contribution in [-0.4, -0.2) is 30.5 Å². The molecule has 0 saturated carbocycles. The van der Waals surface area contributed by atoms with E-state index in [9.17, 15) is 0 Å². The van der Waals surface area contributed by atoms with E-state index in [4.69, 9.17) is 0 Å². The highest BCUT2D eigenvalue weighted by molar-refractivity contribution is 7.22. The van der Waals surface area contributed by atoms with Gasteiger partial charge in [-0.15, -0.1) is 16.4 Å². The van der Waals surface area contributed by atoms with Gasteiger partial charge in [0.15, 0.2) is 7.85 Å². The Morgan fingerprint density at radius 2 is 1.79 bits per heavy atom. The zero-order chi connectivity index (χ0) is 13.4. The smallest absolute Gasteiger partial charge is 0.163 e. The van der Waals surface area contributed by atoms with Crippen molar-refractivity contribution in [2.24, 2.45) is 10.2 Å². The Balaban J connectivity index is 2.08. The van der Waals surface area contributed by atoms with Crippen LogP contribution in [-0.2, 0) is 0 Å². The first-order valence-electron chi connectivity index (χ1n) is 6.14. The summed E-state index contributed by atoms with van der Waals surface area (Å²) >= 11 is 1.63. The second-order valence-corrected chi connectivity index (χ2v) is 5.82. The van der Waals surface area contributed by atoms with Crippen molar-refractivity contribution in [1.29, 1.82) is 0 Å². The largest absolute Gasteiger partial charge is 0.180 e. The minimum atomic E-state index is 0.198. The SMILES string of the molecule is Bc1nnc(-c2ccc(C3C=NN=C3)c(C)c2C)s1. The quantitative estimate of drug-likeness (QED) is 0.769. The fourth-order valence-electron chi connectivity index (χ4n) is 2.26. The topological polar surface area (TPSA) is 50.5 Å². The molecule has 1 aliphatic heterocycles. The van der Waals surface area contributed by atoms with E-state index in [2.05, 4.69) is 46.4 Å². The Morgan fingerprint density at radius 3 is 2.42 bits per heavy atom. The van der Waals surface area contributed by atoms with Crippen LogP contribution in [0.2, 0.25) is 0 Å². The fraction of sp³-hybridized carbons (Fsp3) is 0.231. The minimum absolute atomic E-state index is 0.198. The van der Waals surface area contributed by atoms with Gasteiger partial charge in [0.2, 0.25) is 0 Å². The molecule has 1 aromatic heterocycles. The van der Waals surface area contributed by atoms with Crippen LogP contribution in [0.5, 0.6) is 0 Å². The molecule has 0 spiro atoms. The number of benzene rings is 1. The molecule has 0 amide bonds. The molecule has 94 valence electrons. The Kier molecular flexibility index (Phi) is 3.02. The maximum Gasteiger partial charge on any atom is 0.180 e. The molecular weight excluding hydrogens is 255 g/mol. The molecule has 2 aromatic rings. The molecule has 3 rings (SSSR count). The van der Waals surface area contributed by atoms with E-state index in [1.807, 2.05) is 20.3 Å². The highest BCUT2D eigenvalue weighted by Crippen LogP contribution is 2.30. The number of hydrogen-bond donors (Lipinski definition) is 0. The van der Waals surface area contributed by atoms with Gasteiger partial charge >= 0.3 is 0 Å². The van der Waals surface area contributed by atoms with Gasteiger partial charge in [0.25, 0.3) is 0 Å². The molecule has 0 radical (unpaired) electrons. The number of aromatic nitrogens is 2. The van der Waals surface area contributed by atoms with Gasteiger partial charge in [-0.05, 0) is 30.5 Å². The lowest BCUT2D eigenvalue weighted by atomic mass is 9.91. The van der Waals surface area contributed by atoms with E-state index in [1.165, 1.54) is 22.3 Å². The van der Waals surface area contributed by atoms with Crippen molar-refractivity contribution in [2.75, 3.05) is 0 Å². The predicted molar refractivity (Wildman–Crippen MR) is 82.7 cm³/mol. The molecule has 0 fully saturated rings. The van der Waals surface area contributed by atoms with Gasteiger partial charge in [-0.1, -0.05) is 12.1 Å². The normalized spacial score (nSPS) is 14.4. The van der Waals surface area contributed by atoms with Gasteiger partial charge in [0, 0.05) is 18.0 Å². The maximum absolute atomic E-state index is 4.23. The number of hydrogen-bond acceptors (Lipinski definition) is 5. The minimum Gasteiger partial charge on any atom is -0.163 e. The summed E-state index contributed by atoms with van der Waals surface area (Å²) in [4.78, 5) is 0.992. The van der Waals surface area contributed by atoms with Gasteiger partial charge < -0.3 is 0 Å². The second-order valence-electron chi connectivity index (χ2n) is 4.63. The summed E-state index contributed by atoms with van der Waals surface area (Å²) < 4.78 is 0. The molecule has 4 nitrogen and oxygen atoms in total. The molecule has 1 aromatic carbocycles. The number of rotatable bonds is 2. The third-order valence-corrected chi connectivity index (χ3v) is 4.34. The van der Waals surface area contributed by atoms with E-state index in [-0.39, 0.29) is 5.92 Å². The average Bonchev–Trinajstić information content (AvgIpc) is 3.04. The fourth-order valence-corrected chi connectivity index (χ4v) is 3.03. The van der Waals surface area contributed by atoms with Gasteiger partial charge in [0.05, 0.1) is 10.8 Å². The first-order valence-corrected chi connectivity index (χ1v) is 6.95. The maximum atomic E-state index is 4.23. The monoisotopic (exact) mass is 268 g/mol. The lowest BCUT2D eigenvalue weighted by molar-refractivity contribution is 1.11. The van der Waals surface area contributed by atoms with Crippen LogP contribution in [0.3, 0.4) is 0 Å². The van der Waals surface area contributed by atoms with E-state index >= 15 is 0 Å². The third kappa shape index (κ3) is 2.12. The van der Waals surface area contributed by atoms with E-state index in [1.54, 1.807) is 11.3 Å². The summed E-state index contributed by atoms with van der Waals surface area (Å²) in [6.07, 6.45) is 3.74. The number of nitrogens with zero attached hydrogens (tertiary/aromatic N) is 4. The highest BCUT2D eigenvalue weighted by atomic mass is 32.1. The first kappa shape index (κ1) is 12.2. The van der Waals surface area contributed by atoms with Crippen molar-refractivity contribution >= 4 is 36.5 Å². The molecule has 2 heterocycles. The predicted octanol–water partition coefficient (Wildman–Crippen LogP) is 1.23. The zero-order valence-electron chi connectivity index (χ0n) is 11.1. The summed E-state index contributed by atoms with van der Waals surface area (Å²) in [7, 11) is 1.98. The van der Waals surface area contributed by atoms with Gasteiger partial charge in [-0.3, -0.25) is 0 Å². The van der Waals surface area contributed by atoms with Crippen molar-refractivity contribution in [2.45, 2.75) is 19.8 Å². The molecule has 0 unspecified atom stereocenters. The molecule has 0 bridgehead atoms. The standard InChI is InChI=1S/C13H13BN4S/c1-7-8(2)11(12-17-18-13(14)19-12)4-3-10(7)9-5-15-16-6-9/h3-6,9H,14H2,1-2H3. The third-order valence-electron chi connectivity index (χ3n) is 3.47. The van der Waals surface area contributed by atoms with Crippen molar-refractivity contribution in [3.63, 3.8) is 0 Å². The van der Waals surface area contributed by atoms with Gasteiger partial charge in [0.1, 0.15) is 5.01 Å². The van der Waals surface area contributed by atoms with Crippen LogP contribution in [0.15, 0.2) is 22.3 Å². The average molecular weight is 268 g/mol. The Labute approximate surface area is 116 Å². The molecule has 0 N–H and O–H groups in total. The summed E-state index contributed by atoms with van der Waals surface area (Å²) in [6.45, 7) is 4.27. The molecule has 0 saturated heterocycles.